The molecule has 5 heteroatoms. The molecule has 1 aromatic carbocycles. The molecule has 1 amide bonds. The zero-order valence-corrected chi connectivity index (χ0v) is 15.5. The van der Waals surface area contributed by atoms with Crippen molar-refractivity contribution in [2.24, 2.45) is 4.99 Å². The standard InChI is InChI=1S/C21H23N3O2/c1-12-7-6-8-17(9-12)19-16(5)26-21(24-19)15(4)23-20(25)18-10-13(2)22-14(3)11-18/h6-11,15,19H,5H2,1-4H3,(H,23,25). The van der Waals surface area contributed by atoms with E-state index in [0.29, 0.717) is 17.2 Å². The summed E-state index contributed by atoms with van der Waals surface area (Å²) in [6.45, 7) is 11.6. The van der Waals surface area contributed by atoms with Crippen molar-refractivity contribution in [1.29, 1.82) is 0 Å². The largest absolute Gasteiger partial charge is 0.443 e. The third-order valence-corrected chi connectivity index (χ3v) is 4.22. The molecular formula is C21H23N3O2. The van der Waals surface area contributed by atoms with Gasteiger partial charge in [0.25, 0.3) is 5.91 Å². The molecule has 3 rings (SSSR count). The number of amides is 1. The molecule has 2 heterocycles. The van der Waals surface area contributed by atoms with Crippen LogP contribution in [0.2, 0.25) is 0 Å². The summed E-state index contributed by atoms with van der Waals surface area (Å²) in [5.74, 6) is 0.863. The van der Waals surface area contributed by atoms with E-state index in [1.54, 1.807) is 12.1 Å². The van der Waals surface area contributed by atoms with Crippen molar-refractivity contribution in [3.8, 4) is 0 Å². The van der Waals surface area contributed by atoms with E-state index in [2.05, 4.69) is 27.9 Å². The van der Waals surface area contributed by atoms with Gasteiger partial charge >= 0.3 is 0 Å². The Kier molecular flexibility index (Phi) is 4.89. The quantitative estimate of drug-likeness (QED) is 0.913. The van der Waals surface area contributed by atoms with Crippen LogP contribution in [0.5, 0.6) is 0 Å². The number of nitrogens with one attached hydrogen (secondary N) is 1. The van der Waals surface area contributed by atoms with Gasteiger partial charge in [-0.05, 0) is 45.4 Å². The zero-order valence-electron chi connectivity index (χ0n) is 15.5. The van der Waals surface area contributed by atoms with Gasteiger partial charge in [-0.15, -0.1) is 0 Å². The van der Waals surface area contributed by atoms with Crippen LogP contribution in [0.3, 0.4) is 0 Å². The first-order chi connectivity index (χ1) is 12.3. The lowest BCUT2D eigenvalue weighted by Crippen LogP contribution is -2.38. The highest BCUT2D eigenvalue weighted by Crippen LogP contribution is 2.32. The second-order valence-corrected chi connectivity index (χ2v) is 6.69. The van der Waals surface area contributed by atoms with E-state index < -0.39 is 0 Å². The second kappa shape index (κ2) is 7.12. The predicted molar refractivity (Wildman–Crippen MR) is 102 cm³/mol. The van der Waals surface area contributed by atoms with Crippen molar-refractivity contribution in [3.63, 3.8) is 0 Å². The van der Waals surface area contributed by atoms with E-state index in [1.165, 1.54) is 0 Å². The Bertz CT molecular complexity index is 882. The summed E-state index contributed by atoms with van der Waals surface area (Å²) >= 11 is 0. The number of aromatic nitrogens is 1. The van der Waals surface area contributed by atoms with Gasteiger partial charge in [-0.1, -0.05) is 36.4 Å². The van der Waals surface area contributed by atoms with Crippen molar-refractivity contribution in [3.05, 3.63) is 76.8 Å². The smallest absolute Gasteiger partial charge is 0.252 e. The summed E-state index contributed by atoms with van der Waals surface area (Å²) in [6, 6.07) is 11.0. The van der Waals surface area contributed by atoms with Crippen molar-refractivity contribution in [2.75, 3.05) is 0 Å². The van der Waals surface area contributed by atoms with Crippen LogP contribution in [-0.4, -0.2) is 22.8 Å². The average Bonchev–Trinajstić information content (AvgIpc) is 2.96. The van der Waals surface area contributed by atoms with E-state index >= 15 is 0 Å². The molecule has 134 valence electrons. The van der Waals surface area contributed by atoms with Gasteiger partial charge in [0.05, 0.1) is 0 Å². The number of aryl methyl sites for hydroxylation is 3. The fourth-order valence-corrected chi connectivity index (χ4v) is 3.02. The van der Waals surface area contributed by atoms with Crippen LogP contribution in [0, 0.1) is 20.8 Å². The first-order valence-electron chi connectivity index (χ1n) is 8.60. The minimum absolute atomic E-state index is 0.179. The lowest BCUT2D eigenvalue weighted by Gasteiger charge is -2.14. The van der Waals surface area contributed by atoms with E-state index in [9.17, 15) is 4.79 Å². The summed E-state index contributed by atoms with van der Waals surface area (Å²) < 4.78 is 5.74. The van der Waals surface area contributed by atoms with Gasteiger partial charge in [-0.3, -0.25) is 9.78 Å². The maximum absolute atomic E-state index is 12.5. The number of rotatable bonds is 4. The van der Waals surface area contributed by atoms with Crippen molar-refractivity contribution < 1.29 is 9.53 Å². The number of carbonyl (C=O) groups excluding carboxylic acids is 1. The molecule has 0 saturated carbocycles. The van der Waals surface area contributed by atoms with Crippen LogP contribution in [-0.2, 0) is 4.74 Å². The van der Waals surface area contributed by atoms with Crippen molar-refractivity contribution in [2.45, 2.75) is 39.8 Å². The van der Waals surface area contributed by atoms with Crippen LogP contribution >= 0.6 is 0 Å². The fourth-order valence-electron chi connectivity index (χ4n) is 3.02. The van der Waals surface area contributed by atoms with Crippen LogP contribution in [0.1, 0.15) is 45.8 Å². The first kappa shape index (κ1) is 17.9. The third kappa shape index (κ3) is 3.82. The molecule has 1 aliphatic heterocycles. The Labute approximate surface area is 153 Å². The SMILES string of the molecule is C=C1OC(C(C)NC(=O)c2cc(C)nc(C)c2)=NC1c1cccc(C)c1. The molecule has 2 atom stereocenters. The van der Waals surface area contributed by atoms with Crippen LogP contribution in [0.4, 0.5) is 0 Å². The number of pyridine rings is 1. The van der Waals surface area contributed by atoms with Gasteiger partial charge in [0.2, 0.25) is 5.90 Å². The maximum Gasteiger partial charge on any atom is 0.252 e. The molecule has 1 N–H and O–H groups in total. The predicted octanol–water partition coefficient (Wildman–Crippen LogP) is 3.81. The number of benzene rings is 1. The molecule has 0 spiro atoms. The fraction of sp³-hybridized carbons (Fsp3) is 0.286. The Balaban J connectivity index is 1.75. The highest BCUT2D eigenvalue weighted by atomic mass is 16.5. The van der Waals surface area contributed by atoms with Gasteiger partial charge in [0.1, 0.15) is 17.8 Å². The number of hydrogen-bond acceptors (Lipinski definition) is 4. The number of aliphatic imine (C=N–C) groups is 1. The summed E-state index contributed by atoms with van der Waals surface area (Å²) in [4.78, 5) is 21.4. The molecular weight excluding hydrogens is 326 g/mol. The first-order valence-corrected chi connectivity index (χ1v) is 8.60. The van der Waals surface area contributed by atoms with Crippen LogP contribution in [0.15, 0.2) is 53.7 Å². The average molecular weight is 349 g/mol. The van der Waals surface area contributed by atoms with E-state index in [0.717, 1.165) is 22.5 Å². The molecule has 1 aromatic heterocycles. The molecule has 0 bridgehead atoms. The molecule has 26 heavy (non-hydrogen) atoms. The van der Waals surface area contributed by atoms with E-state index in [4.69, 9.17) is 4.74 Å². The van der Waals surface area contributed by atoms with Crippen LogP contribution in [0.25, 0.3) is 0 Å². The second-order valence-electron chi connectivity index (χ2n) is 6.69. The number of ether oxygens (including phenoxy) is 1. The van der Waals surface area contributed by atoms with E-state index in [-0.39, 0.29) is 18.0 Å². The molecule has 0 saturated heterocycles. The highest BCUT2D eigenvalue weighted by Gasteiger charge is 2.29. The summed E-state index contributed by atoms with van der Waals surface area (Å²) in [5, 5.41) is 2.93. The van der Waals surface area contributed by atoms with Gasteiger partial charge in [-0.25, -0.2) is 4.99 Å². The summed E-state index contributed by atoms with van der Waals surface area (Å²) in [6.07, 6.45) is 0. The molecule has 0 aliphatic carbocycles. The minimum atomic E-state index is -0.358. The topological polar surface area (TPSA) is 63.6 Å². The van der Waals surface area contributed by atoms with Gasteiger partial charge < -0.3 is 10.1 Å². The third-order valence-electron chi connectivity index (χ3n) is 4.22. The Morgan fingerprint density at radius 3 is 2.54 bits per heavy atom. The summed E-state index contributed by atoms with van der Waals surface area (Å²) in [7, 11) is 0. The van der Waals surface area contributed by atoms with Crippen LogP contribution < -0.4 is 5.32 Å². The Hall–Kier alpha value is -2.95. The van der Waals surface area contributed by atoms with Crippen molar-refractivity contribution >= 4 is 11.8 Å². The molecule has 5 nitrogen and oxygen atoms in total. The summed E-state index contributed by atoms with van der Waals surface area (Å²) in [5.41, 5.74) is 4.39. The monoisotopic (exact) mass is 349 g/mol. The number of hydrogen-bond donors (Lipinski definition) is 1. The molecule has 0 radical (unpaired) electrons. The normalized spacial score (nSPS) is 17.5. The van der Waals surface area contributed by atoms with E-state index in [1.807, 2.05) is 45.9 Å². The lowest BCUT2D eigenvalue weighted by molar-refractivity contribution is 0.0946. The Morgan fingerprint density at radius 1 is 1.19 bits per heavy atom. The number of carbonyl (C=O) groups is 1. The zero-order chi connectivity index (χ0) is 18.8. The minimum Gasteiger partial charge on any atom is -0.443 e. The van der Waals surface area contributed by atoms with Gasteiger partial charge in [0.15, 0.2) is 0 Å². The molecule has 2 aromatic rings. The van der Waals surface area contributed by atoms with Gasteiger partial charge in [0, 0.05) is 17.0 Å². The molecule has 0 fully saturated rings. The maximum atomic E-state index is 12.5. The Morgan fingerprint density at radius 2 is 1.88 bits per heavy atom. The molecule has 1 aliphatic rings. The number of nitrogens with zero attached hydrogens (tertiary/aromatic N) is 2. The highest BCUT2D eigenvalue weighted by molar-refractivity contribution is 5.98. The molecule has 2 unspecified atom stereocenters. The lowest BCUT2D eigenvalue weighted by atomic mass is 10.0. The van der Waals surface area contributed by atoms with Gasteiger partial charge in [-0.2, -0.15) is 0 Å². The van der Waals surface area contributed by atoms with Crippen molar-refractivity contribution in [1.82, 2.24) is 10.3 Å².